The minimum atomic E-state index is -0.419. The molecule has 104 valence electrons. The molecule has 1 unspecified atom stereocenters. The molecule has 0 radical (unpaired) electrons. The lowest BCUT2D eigenvalue weighted by atomic mass is 9.98. The van der Waals surface area contributed by atoms with E-state index >= 15 is 0 Å². The van der Waals surface area contributed by atoms with Crippen LogP contribution in [0.15, 0.2) is 46.9 Å². The fourth-order valence-electron chi connectivity index (χ4n) is 2.63. The normalized spacial score (nSPS) is 17.9. The van der Waals surface area contributed by atoms with Crippen molar-refractivity contribution in [1.29, 1.82) is 0 Å². The van der Waals surface area contributed by atoms with Crippen molar-refractivity contribution in [2.45, 2.75) is 19.1 Å². The maximum Gasteiger partial charge on any atom is 0.129 e. The van der Waals surface area contributed by atoms with Gasteiger partial charge in [0.1, 0.15) is 5.82 Å². The fourth-order valence-corrected chi connectivity index (χ4v) is 2.96. The van der Waals surface area contributed by atoms with Crippen molar-refractivity contribution >= 4 is 21.6 Å². The highest BCUT2D eigenvalue weighted by Gasteiger charge is 2.23. The summed E-state index contributed by atoms with van der Waals surface area (Å²) >= 11 is 3.27. The summed E-state index contributed by atoms with van der Waals surface area (Å²) in [6, 6.07) is 12.9. The Labute approximate surface area is 126 Å². The van der Waals surface area contributed by atoms with E-state index < -0.39 is 6.10 Å². The maximum absolute atomic E-state index is 14.0. The Hall–Kier alpha value is -1.39. The second-order valence-electron chi connectivity index (χ2n) is 5.02. The third-order valence-corrected chi connectivity index (χ3v) is 4.18. The van der Waals surface area contributed by atoms with E-state index in [0.717, 1.165) is 22.3 Å². The Kier molecular flexibility index (Phi) is 3.76. The predicted molar refractivity (Wildman–Crippen MR) is 81.2 cm³/mol. The number of benzene rings is 2. The number of fused-ring (bicyclic) bond motifs is 1. The lowest BCUT2D eigenvalue weighted by molar-refractivity contribution is 0.164. The summed E-state index contributed by atoms with van der Waals surface area (Å²) in [6.07, 6.45) is 0.257. The van der Waals surface area contributed by atoms with Crippen LogP contribution in [0, 0.1) is 5.82 Å². The van der Waals surface area contributed by atoms with Crippen LogP contribution >= 0.6 is 15.9 Å². The van der Waals surface area contributed by atoms with Gasteiger partial charge in [-0.25, -0.2) is 4.39 Å². The van der Waals surface area contributed by atoms with E-state index in [1.54, 1.807) is 6.07 Å². The quantitative estimate of drug-likeness (QED) is 0.895. The average molecular weight is 336 g/mol. The van der Waals surface area contributed by atoms with Gasteiger partial charge >= 0.3 is 0 Å². The maximum atomic E-state index is 14.0. The zero-order valence-electron chi connectivity index (χ0n) is 10.9. The van der Waals surface area contributed by atoms with E-state index in [9.17, 15) is 9.50 Å². The molecule has 3 rings (SSSR count). The van der Waals surface area contributed by atoms with Crippen LogP contribution in [0.3, 0.4) is 0 Å². The number of rotatable bonds is 2. The first kappa shape index (κ1) is 13.6. The molecule has 20 heavy (non-hydrogen) atoms. The van der Waals surface area contributed by atoms with E-state index in [1.165, 1.54) is 6.07 Å². The molecule has 2 aromatic carbocycles. The van der Waals surface area contributed by atoms with Crippen molar-refractivity contribution in [3.8, 4) is 0 Å². The van der Waals surface area contributed by atoms with Gasteiger partial charge in [-0.15, -0.1) is 0 Å². The summed E-state index contributed by atoms with van der Waals surface area (Å²) in [6.45, 7) is 1.25. The minimum absolute atomic E-state index is 0.206. The van der Waals surface area contributed by atoms with Gasteiger partial charge in [0.25, 0.3) is 0 Å². The average Bonchev–Trinajstić information content (AvgIpc) is 2.45. The first-order chi connectivity index (χ1) is 9.65. The van der Waals surface area contributed by atoms with Crippen LogP contribution in [-0.2, 0) is 6.54 Å². The summed E-state index contributed by atoms with van der Waals surface area (Å²) < 4.78 is 14.7. The first-order valence-corrected chi connectivity index (χ1v) is 7.40. The SMILES string of the molecule is OC1CCN(Cc2ccc(Br)cc2F)c2ccccc21. The van der Waals surface area contributed by atoms with Gasteiger partial charge in [0, 0.05) is 34.4 Å². The Morgan fingerprint density at radius 1 is 1.25 bits per heavy atom. The number of halogens is 2. The first-order valence-electron chi connectivity index (χ1n) is 6.61. The van der Waals surface area contributed by atoms with Crippen molar-refractivity contribution in [2.24, 2.45) is 0 Å². The van der Waals surface area contributed by atoms with Crippen molar-refractivity contribution < 1.29 is 9.50 Å². The lowest BCUT2D eigenvalue weighted by Gasteiger charge is -2.34. The Balaban J connectivity index is 1.90. The molecule has 2 aromatic rings. The molecule has 1 heterocycles. The number of para-hydroxylation sites is 1. The van der Waals surface area contributed by atoms with Crippen LogP contribution in [0.25, 0.3) is 0 Å². The van der Waals surface area contributed by atoms with Gasteiger partial charge in [-0.2, -0.15) is 0 Å². The molecular formula is C16H15BrFNO. The number of anilines is 1. The molecule has 1 atom stereocenters. The molecule has 1 aliphatic rings. The van der Waals surface area contributed by atoms with Crippen LogP contribution in [0.4, 0.5) is 10.1 Å². The third kappa shape index (κ3) is 2.58. The van der Waals surface area contributed by atoms with E-state index in [4.69, 9.17) is 0 Å². The lowest BCUT2D eigenvalue weighted by Crippen LogP contribution is -2.31. The van der Waals surface area contributed by atoms with E-state index in [1.807, 2.05) is 30.3 Å². The van der Waals surface area contributed by atoms with E-state index in [0.29, 0.717) is 18.5 Å². The largest absolute Gasteiger partial charge is 0.388 e. The molecule has 0 amide bonds. The van der Waals surface area contributed by atoms with Crippen LogP contribution in [-0.4, -0.2) is 11.7 Å². The number of nitrogens with zero attached hydrogens (tertiary/aromatic N) is 1. The van der Waals surface area contributed by atoms with Crippen LogP contribution in [0.1, 0.15) is 23.7 Å². The summed E-state index contributed by atoms with van der Waals surface area (Å²) in [5.74, 6) is -0.206. The van der Waals surface area contributed by atoms with Crippen molar-refractivity contribution in [1.82, 2.24) is 0 Å². The van der Waals surface area contributed by atoms with Crippen molar-refractivity contribution in [3.05, 3.63) is 63.9 Å². The fraction of sp³-hybridized carbons (Fsp3) is 0.250. The van der Waals surface area contributed by atoms with Gasteiger partial charge in [-0.1, -0.05) is 40.2 Å². The van der Waals surface area contributed by atoms with Gasteiger partial charge in [-0.3, -0.25) is 0 Å². The zero-order chi connectivity index (χ0) is 14.1. The number of aliphatic hydroxyl groups is 1. The summed E-state index contributed by atoms with van der Waals surface area (Å²) in [5.41, 5.74) is 2.59. The molecule has 2 nitrogen and oxygen atoms in total. The van der Waals surface area contributed by atoms with Gasteiger partial charge in [-0.05, 0) is 24.6 Å². The third-order valence-electron chi connectivity index (χ3n) is 3.69. The number of hydrogen-bond acceptors (Lipinski definition) is 2. The Bertz CT molecular complexity index is 632. The van der Waals surface area contributed by atoms with Gasteiger partial charge in [0.15, 0.2) is 0 Å². The topological polar surface area (TPSA) is 23.5 Å². The molecule has 0 saturated heterocycles. The molecule has 0 fully saturated rings. The molecule has 0 bridgehead atoms. The molecule has 0 saturated carbocycles. The van der Waals surface area contributed by atoms with Crippen LogP contribution in [0.5, 0.6) is 0 Å². The number of aliphatic hydroxyl groups excluding tert-OH is 1. The van der Waals surface area contributed by atoms with Crippen LogP contribution < -0.4 is 4.90 Å². The second kappa shape index (κ2) is 5.54. The predicted octanol–water partition coefficient (Wildman–Crippen LogP) is 4.03. The van der Waals surface area contributed by atoms with Crippen molar-refractivity contribution in [2.75, 3.05) is 11.4 Å². The molecule has 4 heteroatoms. The Morgan fingerprint density at radius 3 is 2.85 bits per heavy atom. The molecule has 1 aliphatic heterocycles. The van der Waals surface area contributed by atoms with Crippen molar-refractivity contribution in [3.63, 3.8) is 0 Å². The summed E-state index contributed by atoms with van der Waals surface area (Å²) in [4.78, 5) is 2.12. The highest BCUT2D eigenvalue weighted by molar-refractivity contribution is 9.10. The number of hydrogen-bond donors (Lipinski definition) is 1. The highest BCUT2D eigenvalue weighted by Crippen LogP contribution is 2.34. The van der Waals surface area contributed by atoms with Gasteiger partial charge in [0.05, 0.1) is 6.10 Å². The molecule has 0 aromatic heterocycles. The molecule has 0 aliphatic carbocycles. The van der Waals surface area contributed by atoms with E-state index in [2.05, 4.69) is 20.8 Å². The van der Waals surface area contributed by atoms with E-state index in [-0.39, 0.29) is 5.82 Å². The standard InChI is InChI=1S/C16H15BrFNO/c17-12-6-5-11(14(18)9-12)10-19-8-7-16(20)13-3-1-2-4-15(13)19/h1-6,9,16,20H,7-8,10H2. The zero-order valence-corrected chi connectivity index (χ0v) is 12.5. The smallest absolute Gasteiger partial charge is 0.129 e. The summed E-state index contributed by atoms with van der Waals surface area (Å²) in [5, 5.41) is 10.0. The second-order valence-corrected chi connectivity index (χ2v) is 5.94. The molecule has 1 N–H and O–H groups in total. The molecular weight excluding hydrogens is 321 g/mol. The highest BCUT2D eigenvalue weighted by atomic mass is 79.9. The minimum Gasteiger partial charge on any atom is -0.388 e. The Morgan fingerprint density at radius 2 is 2.05 bits per heavy atom. The van der Waals surface area contributed by atoms with Crippen LogP contribution in [0.2, 0.25) is 0 Å². The monoisotopic (exact) mass is 335 g/mol. The van der Waals surface area contributed by atoms with Gasteiger partial charge < -0.3 is 10.0 Å². The molecule has 0 spiro atoms. The summed E-state index contributed by atoms with van der Waals surface area (Å²) in [7, 11) is 0. The van der Waals surface area contributed by atoms with Gasteiger partial charge in [0.2, 0.25) is 0 Å².